The number of aryl methyl sites for hydroxylation is 1. The lowest BCUT2D eigenvalue weighted by Gasteiger charge is -2.08. The average Bonchev–Trinajstić information content (AvgIpc) is 2.41. The summed E-state index contributed by atoms with van der Waals surface area (Å²) < 4.78 is 39.7. The third kappa shape index (κ3) is 3.80. The molecular weight excluding hydrogens is 345 g/mol. The van der Waals surface area contributed by atoms with E-state index in [0.29, 0.717) is 5.69 Å². The van der Waals surface area contributed by atoms with Crippen LogP contribution in [0, 0.1) is 5.82 Å². The quantitative estimate of drug-likeness (QED) is 0.831. The van der Waals surface area contributed by atoms with E-state index in [-0.39, 0.29) is 4.90 Å². The smallest absolute Gasteiger partial charge is 0.261 e. The topological polar surface area (TPSA) is 46.2 Å². The SMILES string of the molecule is O=S(=O)(Nc1ccc(CCBr)cc1)c1cccc(F)c1. The Morgan fingerprint density at radius 1 is 1.10 bits per heavy atom. The molecule has 0 aliphatic carbocycles. The molecule has 0 aliphatic rings. The number of hydrogen-bond donors (Lipinski definition) is 1. The summed E-state index contributed by atoms with van der Waals surface area (Å²) in [6.07, 6.45) is 0.872. The summed E-state index contributed by atoms with van der Waals surface area (Å²) in [6.45, 7) is 0. The molecule has 0 aromatic heterocycles. The van der Waals surface area contributed by atoms with Crippen LogP contribution in [0.4, 0.5) is 10.1 Å². The normalized spacial score (nSPS) is 11.3. The van der Waals surface area contributed by atoms with E-state index in [1.54, 1.807) is 12.1 Å². The summed E-state index contributed by atoms with van der Waals surface area (Å²) in [4.78, 5) is -0.0953. The highest BCUT2D eigenvalue weighted by Crippen LogP contribution is 2.17. The third-order valence-electron chi connectivity index (χ3n) is 2.70. The molecule has 0 fully saturated rings. The fourth-order valence-electron chi connectivity index (χ4n) is 1.70. The lowest BCUT2D eigenvalue weighted by atomic mass is 10.2. The third-order valence-corrected chi connectivity index (χ3v) is 4.47. The second kappa shape index (κ2) is 6.37. The van der Waals surface area contributed by atoms with Crippen molar-refractivity contribution in [2.24, 2.45) is 0 Å². The van der Waals surface area contributed by atoms with Crippen LogP contribution in [0.25, 0.3) is 0 Å². The molecule has 0 saturated heterocycles. The molecule has 3 nitrogen and oxygen atoms in total. The molecule has 2 aromatic rings. The number of benzene rings is 2. The Labute approximate surface area is 126 Å². The van der Waals surface area contributed by atoms with Crippen LogP contribution < -0.4 is 4.72 Å². The minimum atomic E-state index is -3.76. The van der Waals surface area contributed by atoms with Crippen molar-refractivity contribution in [3.8, 4) is 0 Å². The first-order valence-electron chi connectivity index (χ1n) is 5.94. The maximum atomic E-state index is 13.1. The Morgan fingerprint density at radius 2 is 1.80 bits per heavy atom. The van der Waals surface area contributed by atoms with Crippen molar-refractivity contribution < 1.29 is 12.8 Å². The second-order valence-corrected chi connectivity index (χ2v) is 6.67. The predicted molar refractivity (Wildman–Crippen MR) is 81.1 cm³/mol. The van der Waals surface area contributed by atoms with E-state index in [2.05, 4.69) is 20.7 Å². The summed E-state index contributed by atoms with van der Waals surface area (Å²) in [5, 5.41) is 0.849. The molecule has 2 aromatic carbocycles. The lowest BCUT2D eigenvalue weighted by Crippen LogP contribution is -2.13. The number of sulfonamides is 1. The Bertz CT molecular complexity index is 687. The van der Waals surface area contributed by atoms with Gasteiger partial charge in [-0.15, -0.1) is 0 Å². The monoisotopic (exact) mass is 357 g/mol. The highest BCUT2D eigenvalue weighted by molar-refractivity contribution is 9.09. The van der Waals surface area contributed by atoms with Gasteiger partial charge in [0.2, 0.25) is 0 Å². The molecule has 0 aliphatic heterocycles. The molecule has 0 bridgehead atoms. The minimum absolute atomic E-state index is 0.0953. The summed E-state index contributed by atoms with van der Waals surface area (Å²) in [6, 6.07) is 12.0. The van der Waals surface area contributed by atoms with E-state index < -0.39 is 15.8 Å². The maximum absolute atomic E-state index is 13.1. The van der Waals surface area contributed by atoms with Crippen molar-refractivity contribution in [3.05, 3.63) is 59.9 Å². The number of rotatable bonds is 5. The van der Waals surface area contributed by atoms with Gasteiger partial charge in [0.15, 0.2) is 0 Å². The zero-order valence-electron chi connectivity index (χ0n) is 10.5. The summed E-state index contributed by atoms with van der Waals surface area (Å²) in [5.74, 6) is -0.583. The van der Waals surface area contributed by atoms with E-state index in [1.807, 2.05) is 12.1 Å². The van der Waals surface area contributed by atoms with Gasteiger partial charge in [0.25, 0.3) is 10.0 Å². The molecule has 0 radical (unpaired) electrons. The van der Waals surface area contributed by atoms with Crippen LogP contribution in [0.2, 0.25) is 0 Å². The van der Waals surface area contributed by atoms with Crippen molar-refractivity contribution in [2.75, 3.05) is 10.1 Å². The number of alkyl halides is 1. The number of anilines is 1. The Kier molecular flexibility index (Phi) is 4.77. The lowest BCUT2D eigenvalue weighted by molar-refractivity contribution is 0.595. The van der Waals surface area contributed by atoms with Crippen molar-refractivity contribution in [3.63, 3.8) is 0 Å². The van der Waals surface area contributed by atoms with Crippen LogP contribution >= 0.6 is 15.9 Å². The molecule has 0 spiro atoms. The standard InChI is InChI=1S/C14H13BrFNO2S/c15-9-8-11-4-6-13(7-5-11)17-20(18,19)14-3-1-2-12(16)10-14/h1-7,10,17H,8-9H2. The van der Waals surface area contributed by atoms with Gasteiger partial charge >= 0.3 is 0 Å². The molecule has 6 heteroatoms. The van der Waals surface area contributed by atoms with Crippen LogP contribution in [-0.4, -0.2) is 13.7 Å². The largest absolute Gasteiger partial charge is 0.280 e. The van der Waals surface area contributed by atoms with Crippen molar-refractivity contribution in [1.29, 1.82) is 0 Å². The fraction of sp³-hybridized carbons (Fsp3) is 0.143. The molecule has 1 N–H and O–H groups in total. The van der Waals surface area contributed by atoms with Crippen LogP contribution in [-0.2, 0) is 16.4 Å². The number of nitrogens with one attached hydrogen (secondary N) is 1. The Hall–Kier alpha value is -1.40. The molecule has 0 amide bonds. The first kappa shape index (κ1) is 15.0. The van der Waals surface area contributed by atoms with Gasteiger partial charge in [0.05, 0.1) is 4.90 Å². The number of halogens is 2. The average molecular weight is 358 g/mol. The van der Waals surface area contributed by atoms with Crippen LogP contribution in [0.5, 0.6) is 0 Å². The Balaban J connectivity index is 2.20. The molecule has 0 atom stereocenters. The molecule has 20 heavy (non-hydrogen) atoms. The van der Waals surface area contributed by atoms with Crippen LogP contribution in [0.15, 0.2) is 53.4 Å². The highest BCUT2D eigenvalue weighted by Gasteiger charge is 2.14. The zero-order valence-corrected chi connectivity index (χ0v) is 12.9. The molecular formula is C14H13BrFNO2S. The molecule has 2 rings (SSSR count). The first-order chi connectivity index (χ1) is 9.51. The summed E-state index contributed by atoms with van der Waals surface area (Å²) in [5.41, 5.74) is 1.56. The van der Waals surface area contributed by atoms with Crippen LogP contribution in [0.3, 0.4) is 0 Å². The molecule has 0 heterocycles. The molecule has 0 unspecified atom stereocenters. The van der Waals surface area contributed by atoms with Gasteiger partial charge in [0.1, 0.15) is 5.82 Å². The predicted octanol–water partition coefficient (Wildman–Crippen LogP) is 3.56. The minimum Gasteiger partial charge on any atom is -0.280 e. The summed E-state index contributed by atoms with van der Waals surface area (Å²) in [7, 11) is -3.76. The molecule has 0 saturated carbocycles. The first-order valence-corrected chi connectivity index (χ1v) is 8.55. The van der Waals surface area contributed by atoms with Gasteiger partial charge in [0, 0.05) is 11.0 Å². The maximum Gasteiger partial charge on any atom is 0.261 e. The van der Waals surface area contributed by atoms with E-state index in [1.165, 1.54) is 18.2 Å². The van der Waals surface area contributed by atoms with Gasteiger partial charge < -0.3 is 0 Å². The number of hydrogen-bond acceptors (Lipinski definition) is 2. The van der Waals surface area contributed by atoms with Gasteiger partial charge in [-0.25, -0.2) is 12.8 Å². The Morgan fingerprint density at radius 3 is 2.40 bits per heavy atom. The summed E-state index contributed by atoms with van der Waals surface area (Å²) >= 11 is 3.34. The van der Waals surface area contributed by atoms with Crippen molar-refractivity contribution >= 4 is 31.6 Å². The van der Waals surface area contributed by atoms with Gasteiger partial charge in [-0.1, -0.05) is 34.1 Å². The fourth-order valence-corrected chi connectivity index (χ4v) is 3.24. The van der Waals surface area contributed by atoms with E-state index in [9.17, 15) is 12.8 Å². The zero-order chi connectivity index (χ0) is 14.6. The van der Waals surface area contributed by atoms with Crippen molar-refractivity contribution in [1.82, 2.24) is 0 Å². The van der Waals surface area contributed by atoms with Gasteiger partial charge in [-0.3, -0.25) is 4.72 Å². The molecule has 106 valence electrons. The van der Waals surface area contributed by atoms with Crippen molar-refractivity contribution in [2.45, 2.75) is 11.3 Å². The highest BCUT2D eigenvalue weighted by atomic mass is 79.9. The van der Waals surface area contributed by atoms with E-state index in [4.69, 9.17) is 0 Å². The van der Waals surface area contributed by atoms with E-state index in [0.717, 1.165) is 23.4 Å². The van der Waals surface area contributed by atoms with Gasteiger partial charge in [-0.2, -0.15) is 0 Å². The van der Waals surface area contributed by atoms with Gasteiger partial charge in [-0.05, 0) is 42.3 Å². The second-order valence-electron chi connectivity index (χ2n) is 4.20. The van der Waals surface area contributed by atoms with Crippen LogP contribution in [0.1, 0.15) is 5.56 Å². The van der Waals surface area contributed by atoms with E-state index >= 15 is 0 Å².